The third-order valence-electron chi connectivity index (χ3n) is 5.29. The fraction of sp³-hybridized carbons (Fsp3) is 0.0870. The van der Waals surface area contributed by atoms with Crippen LogP contribution in [0.5, 0.6) is 0 Å². The monoisotopic (exact) mass is 462 g/mol. The lowest BCUT2D eigenvalue weighted by Crippen LogP contribution is -2.16. The fourth-order valence-electron chi connectivity index (χ4n) is 3.78. The summed E-state index contributed by atoms with van der Waals surface area (Å²) in [6.07, 6.45) is 5.79. The zero-order valence-electron chi connectivity index (χ0n) is 16.7. The van der Waals surface area contributed by atoms with Crippen molar-refractivity contribution in [1.82, 2.24) is 24.8 Å². The van der Waals surface area contributed by atoms with Gasteiger partial charge in [-0.2, -0.15) is 0 Å². The number of carbonyl (C=O) groups excluding carboxylic acids is 1. The van der Waals surface area contributed by atoms with Crippen molar-refractivity contribution in [3.8, 4) is 0 Å². The van der Waals surface area contributed by atoms with Crippen molar-refractivity contribution in [3.05, 3.63) is 99.2 Å². The van der Waals surface area contributed by atoms with E-state index in [2.05, 4.69) is 20.3 Å². The smallest absolute Gasteiger partial charge is 0.249 e. The molecule has 0 aliphatic heterocycles. The first kappa shape index (κ1) is 20.4. The number of benzene rings is 1. The molecular weight excluding hydrogens is 447 g/mol. The van der Waals surface area contributed by atoms with Crippen molar-refractivity contribution in [1.29, 1.82) is 0 Å². The average Bonchev–Trinajstić information content (AvgIpc) is 3.16. The van der Waals surface area contributed by atoms with Gasteiger partial charge in [0.05, 0.1) is 21.7 Å². The van der Waals surface area contributed by atoms with Gasteiger partial charge in [0.25, 0.3) is 0 Å². The Labute approximate surface area is 192 Å². The lowest BCUT2D eigenvalue weighted by molar-refractivity contribution is 0.0999. The summed E-state index contributed by atoms with van der Waals surface area (Å²) in [7, 11) is 0. The first-order valence-corrected chi connectivity index (χ1v) is 10.5. The highest BCUT2D eigenvalue weighted by Crippen LogP contribution is 2.24. The predicted octanol–water partition coefficient (Wildman–Crippen LogP) is 4.26. The molecule has 9 heteroatoms. The summed E-state index contributed by atoms with van der Waals surface area (Å²) in [6, 6.07) is 13.0. The summed E-state index contributed by atoms with van der Waals surface area (Å²) in [4.78, 5) is 21.1. The van der Waals surface area contributed by atoms with E-state index >= 15 is 0 Å². The molecule has 0 bridgehead atoms. The van der Waals surface area contributed by atoms with E-state index in [1.165, 1.54) is 0 Å². The molecular formula is C23H16Cl2N6O. The summed E-state index contributed by atoms with van der Waals surface area (Å²) in [5, 5.41) is 10.5. The van der Waals surface area contributed by atoms with E-state index < -0.39 is 5.91 Å². The number of hydrogen-bond acceptors (Lipinski definition) is 5. The van der Waals surface area contributed by atoms with Gasteiger partial charge < -0.3 is 5.73 Å². The first-order chi connectivity index (χ1) is 15.5. The Bertz CT molecular complexity index is 1500. The molecule has 7 nitrogen and oxygen atoms in total. The van der Waals surface area contributed by atoms with Crippen LogP contribution in [-0.2, 0) is 12.8 Å². The Balaban J connectivity index is 1.58. The van der Waals surface area contributed by atoms with Crippen LogP contribution in [-0.4, -0.2) is 30.7 Å². The maximum absolute atomic E-state index is 12.2. The van der Waals surface area contributed by atoms with Gasteiger partial charge in [0.1, 0.15) is 0 Å². The Hall–Kier alpha value is -3.55. The molecule has 2 N–H and O–H groups in total. The van der Waals surface area contributed by atoms with E-state index in [-0.39, 0.29) is 0 Å². The number of amides is 1. The van der Waals surface area contributed by atoms with Crippen molar-refractivity contribution in [3.63, 3.8) is 0 Å². The van der Waals surface area contributed by atoms with Gasteiger partial charge in [0.15, 0.2) is 0 Å². The molecule has 5 aromatic rings. The molecule has 32 heavy (non-hydrogen) atoms. The molecule has 4 aromatic heterocycles. The van der Waals surface area contributed by atoms with Crippen LogP contribution in [0.15, 0.2) is 61.1 Å². The van der Waals surface area contributed by atoms with Crippen LogP contribution in [0, 0.1) is 0 Å². The minimum atomic E-state index is -0.521. The number of fused-ring (bicyclic) bond motifs is 2. The van der Waals surface area contributed by atoms with Crippen molar-refractivity contribution < 1.29 is 4.79 Å². The van der Waals surface area contributed by atoms with Crippen LogP contribution in [0.2, 0.25) is 10.0 Å². The molecule has 0 saturated heterocycles. The lowest BCUT2D eigenvalue weighted by Gasteiger charge is -2.12. The summed E-state index contributed by atoms with van der Waals surface area (Å²) in [6.45, 7) is 0. The zero-order chi connectivity index (χ0) is 22.2. The molecule has 0 radical (unpaired) electrons. The third kappa shape index (κ3) is 3.88. The molecule has 1 amide bonds. The molecule has 5 rings (SSSR count). The molecule has 0 atom stereocenters. The molecule has 0 aliphatic carbocycles. The van der Waals surface area contributed by atoms with Crippen LogP contribution >= 0.6 is 23.2 Å². The highest BCUT2D eigenvalue weighted by atomic mass is 35.5. The van der Waals surface area contributed by atoms with Crippen molar-refractivity contribution in [2.24, 2.45) is 5.73 Å². The first-order valence-electron chi connectivity index (χ1n) is 9.78. The Morgan fingerprint density at radius 1 is 0.969 bits per heavy atom. The van der Waals surface area contributed by atoms with Gasteiger partial charge >= 0.3 is 0 Å². The van der Waals surface area contributed by atoms with E-state index in [1.54, 1.807) is 41.3 Å². The van der Waals surface area contributed by atoms with Gasteiger partial charge in [0.2, 0.25) is 5.91 Å². The number of rotatable bonds is 5. The van der Waals surface area contributed by atoms with Crippen molar-refractivity contribution in [2.75, 3.05) is 0 Å². The number of carbonyl (C=O) groups is 1. The Kier molecular flexibility index (Phi) is 5.20. The van der Waals surface area contributed by atoms with Crippen LogP contribution < -0.4 is 5.73 Å². The summed E-state index contributed by atoms with van der Waals surface area (Å²) in [5.41, 5.74) is 10.8. The molecule has 1 aromatic carbocycles. The number of primary amides is 1. The van der Waals surface area contributed by atoms with E-state index in [4.69, 9.17) is 28.9 Å². The van der Waals surface area contributed by atoms with Crippen LogP contribution in [0.3, 0.4) is 0 Å². The molecule has 158 valence electrons. The second-order valence-corrected chi connectivity index (χ2v) is 8.27. The standard InChI is InChI=1S/C23H16Cl2N6O/c24-15-4-6-31-22(10-15)21(29-30-31)11-18-17(23(26)32)3-5-27-20(18)8-13-1-2-19-14(7-13)9-16(25)12-28-19/h1-7,9-10,12H,8,11H2,(H2,26,32). The maximum Gasteiger partial charge on any atom is 0.249 e. The molecule has 0 unspecified atom stereocenters. The topological polar surface area (TPSA) is 99.1 Å². The highest BCUT2D eigenvalue weighted by molar-refractivity contribution is 6.31. The predicted molar refractivity (Wildman–Crippen MR) is 123 cm³/mol. The molecule has 0 aliphatic rings. The Morgan fingerprint density at radius 3 is 2.69 bits per heavy atom. The van der Waals surface area contributed by atoms with E-state index in [0.717, 1.165) is 27.7 Å². The largest absolute Gasteiger partial charge is 0.366 e. The minimum absolute atomic E-state index is 0.340. The quantitative estimate of drug-likeness (QED) is 0.420. The van der Waals surface area contributed by atoms with Crippen LogP contribution in [0.25, 0.3) is 16.4 Å². The molecule has 4 heterocycles. The Morgan fingerprint density at radius 2 is 1.84 bits per heavy atom. The van der Waals surface area contributed by atoms with Crippen LogP contribution in [0.4, 0.5) is 0 Å². The van der Waals surface area contributed by atoms with Crippen LogP contribution in [0.1, 0.15) is 32.9 Å². The summed E-state index contributed by atoms with van der Waals surface area (Å²) in [5.74, 6) is -0.521. The molecule has 0 fully saturated rings. The number of halogens is 2. The third-order valence-corrected chi connectivity index (χ3v) is 5.73. The zero-order valence-corrected chi connectivity index (χ0v) is 18.2. The van der Waals surface area contributed by atoms with Gasteiger partial charge in [0, 0.05) is 53.1 Å². The summed E-state index contributed by atoms with van der Waals surface area (Å²) < 4.78 is 1.64. The maximum atomic E-state index is 12.2. The average molecular weight is 463 g/mol. The normalized spacial score (nSPS) is 11.3. The number of nitrogens with two attached hydrogens (primary N) is 1. The molecule has 0 spiro atoms. The second kappa shape index (κ2) is 8.18. The number of aromatic nitrogens is 5. The van der Waals surface area contributed by atoms with E-state index in [9.17, 15) is 4.79 Å². The second-order valence-electron chi connectivity index (χ2n) is 7.39. The van der Waals surface area contributed by atoms with Gasteiger partial charge in [-0.05, 0) is 47.5 Å². The van der Waals surface area contributed by atoms with E-state index in [1.807, 2.05) is 24.3 Å². The number of pyridine rings is 3. The lowest BCUT2D eigenvalue weighted by atomic mass is 9.96. The van der Waals surface area contributed by atoms with Gasteiger partial charge in [-0.3, -0.25) is 14.8 Å². The van der Waals surface area contributed by atoms with Gasteiger partial charge in [-0.1, -0.05) is 34.5 Å². The minimum Gasteiger partial charge on any atom is -0.366 e. The van der Waals surface area contributed by atoms with Gasteiger partial charge in [-0.25, -0.2) is 4.52 Å². The number of hydrogen-bond donors (Lipinski definition) is 1. The molecule has 0 saturated carbocycles. The van der Waals surface area contributed by atoms with Crippen molar-refractivity contribution in [2.45, 2.75) is 12.8 Å². The SMILES string of the molecule is NC(=O)c1ccnc(Cc2ccc3ncc(Cl)cc3c2)c1Cc1nnn2ccc(Cl)cc12. The van der Waals surface area contributed by atoms with E-state index in [0.29, 0.717) is 39.7 Å². The summed E-state index contributed by atoms with van der Waals surface area (Å²) >= 11 is 12.3. The van der Waals surface area contributed by atoms with Gasteiger partial charge in [-0.15, -0.1) is 5.10 Å². The van der Waals surface area contributed by atoms with Crippen molar-refractivity contribution >= 4 is 45.5 Å². The highest BCUT2D eigenvalue weighted by Gasteiger charge is 2.18. The fourth-order valence-corrected chi connectivity index (χ4v) is 4.11. The number of nitrogens with zero attached hydrogens (tertiary/aromatic N) is 5.